The molecule has 0 aromatic heterocycles. The summed E-state index contributed by atoms with van der Waals surface area (Å²) in [6, 6.07) is -10.3. The zero-order chi connectivity index (χ0) is 67.8. The average molecular weight is 1230 g/mol. The lowest BCUT2D eigenvalue weighted by Gasteiger charge is -2.41. The van der Waals surface area contributed by atoms with Crippen LogP contribution >= 0.6 is 0 Å². The lowest BCUT2D eigenvalue weighted by Crippen LogP contribution is -2.63. The van der Waals surface area contributed by atoms with E-state index < -0.39 is 138 Å². The van der Waals surface area contributed by atoms with E-state index in [4.69, 9.17) is 5.73 Å². The second-order valence-electron chi connectivity index (χ2n) is 26.0. The van der Waals surface area contributed by atoms with Crippen molar-refractivity contribution < 1.29 is 57.8 Å². The molecular formula is C64H117N11O12. The number of carbonyl (C=O) groups is 11. The van der Waals surface area contributed by atoms with Gasteiger partial charge in [-0.2, -0.15) is 0 Å². The van der Waals surface area contributed by atoms with Gasteiger partial charge in [0.2, 0.25) is 65.0 Å². The third-order valence-corrected chi connectivity index (χ3v) is 16.7. The molecule has 87 heavy (non-hydrogen) atoms. The highest BCUT2D eigenvalue weighted by Gasteiger charge is 2.45. The fraction of sp³-hybridized carbons (Fsp3) is 0.797. The van der Waals surface area contributed by atoms with Crippen molar-refractivity contribution in [3.63, 3.8) is 0 Å². The first kappa shape index (κ1) is 80.9. The van der Waals surface area contributed by atoms with Crippen LogP contribution in [0.3, 0.4) is 0 Å². The summed E-state index contributed by atoms with van der Waals surface area (Å²) < 4.78 is 0. The van der Waals surface area contributed by atoms with E-state index in [-0.39, 0.29) is 61.2 Å². The van der Waals surface area contributed by atoms with Crippen LogP contribution in [0.4, 0.5) is 0 Å². The lowest BCUT2D eigenvalue weighted by molar-refractivity contribution is -0.157. The largest absolute Gasteiger partial charge is 0.390 e. The maximum Gasteiger partial charge on any atom is 0.246 e. The second-order valence-corrected chi connectivity index (χ2v) is 26.0. The number of nitrogens with one attached hydrogen (secondary N) is 3. The highest BCUT2D eigenvalue weighted by Crippen LogP contribution is 2.26. The SMILES string of the molecule is C/C=C\C[C@@H](C)[C@H](O)C(C(=O)N[C@@H](CC)C(=O)N(C)CC(=O)N(C)[C@H](CCCC)C(N)=O)N(C)C(=O)[C@H](C(C)C)N(C)C(=O)[C@@H](CC(C)C)N(C)C(=O)[C@@H](CC(C)C)N(C)C(=O)[C@H](C)NC(=O)[C@@H](CC)NC(=O)[C@H](CC(C)C)N(C)C(=O)[C@@H](C)C(C)C. The third-order valence-electron chi connectivity index (χ3n) is 16.7. The number of likely N-dealkylation sites (N-methyl/N-ethyl adjacent to an activating group) is 7. The molecular weight excluding hydrogens is 1110 g/mol. The summed E-state index contributed by atoms with van der Waals surface area (Å²) in [6.45, 7) is 30.4. The molecule has 0 fully saturated rings. The van der Waals surface area contributed by atoms with E-state index in [1.165, 1.54) is 73.7 Å². The first-order chi connectivity index (χ1) is 40.2. The number of primary amides is 1. The van der Waals surface area contributed by atoms with E-state index in [1.54, 1.807) is 60.7 Å². The van der Waals surface area contributed by atoms with Crippen LogP contribution in [0.1, 0.15) is 175 Å². The Morgan fingerprint density at radius 3 is 1.37 bits per heavy atom. The van der Waals surface area contributed by atoms with Gasteiger partial charge in [0, 0.05) is 55.3 Å². The molecule has 0 saturated heterocycles. The topological polar surface area (TPSA) is 293 Å². The quantitative estimate of drug-likeness (QED) is 0.0537. The van der Waals surface area contributed by atoms with Gasteiger partial charge in [0.05, 0.1) is 12.6 Å². The zero-order valence-electron chi connectivity index (χ0n) is 57.7. The Morgan fingerprint density at radius 2 is 0.931 bits per heavy atom. The first-order valence-electron chi connectivity index (χ1n) is 31.6. The number of hydrogen-bond acceptors (Lipinski definition) is 12. The molecule has 11 amide bonds. The molecule has 500 valence electrons. The standard InChI is InChI=1S/C64H117N11O12/c1-25-29-31-42(15)54(77)53(58(81)68-46(28-4)61(84)69(18)36-51(76)70(19)47(55(65)78)32-30-26-2)75(24)64(87)52(41(13)14)74(23)63(86)50(35-39(9)10)73(22)62(85)49(34-38(7)8)72(21)60(83)44(17)66-56(79)45(27-3)67-57(80)48(33-37(5)6)71(20)59(82)43(16)40(11)12/h25,29,37-50,52-54,77H,26-28,30-36H2,1-24H3,(H2,65,78)(H,66,79)(H,67,80)(H,68,81)/b29-25-/t42-,43+,44+,45-,46+,47-,48+,49-,50-,52+,53?,54+/m1/s1. The Bertz CT molecular complexity index is 2310. The lowest BCUT2D eigenvalue weighted by atomic mass is 9.91. The Balaban J connectivity index is 7.11. The summed E-state index contributed by atoms with van der Waals surface area (Å²) in [6.07, 6.45) is 5.06. The number of unbranched alkanes of at least 4 members (excludes halogenated alkanes) is 1. The summed E-state index contributed by atoms with van der Waals surface area (Å²) in [5, 5.41) is 20.3. The van der Waals surface area contributed by atoms with Gasteiger partial charge in [-0.05, 0) is 94.3 Å². The molecule has 0 aromatic rings. The van der Waals surface area contributed by atoms with Gasteiger partial charge < -0.3 is 61.1 Å². The second kappa shape index (κ2) is 38.3. The number of aliphatic hydroxyl groups is 1. The number of aliphatic hydroxyl groups excluding tert-OH is 1. The summed E-state index contributed by atoms with van der Waals surface area (Å²) in [5.74, 6) is -8.33. The molecule has 1 unspecified atom stereocenters. The Kier molecular flexibility index (Phi) is 35.6. The Labute approximate surface area is 522 Å². The van der Waals surface area contributed by atoms with Gasteiger partial charge >= 0.3 is 0 Å². The summed E-state index contributed by atoms with van der Waals surface area (Å²) in [5.41, 5.74) is 5.62. The molecule has 0 rings (SSSR count). The first-order valence-corrected chi connectivity index (χ1v) is 31.6. The summed E-state index contributed by atoms with van der Waals surface area (Å²) in [4.78, 5) is 164. The van der Waals surface area contributed by atoms with E-state index in [1.807, 2.05) is 69.2 Å². The molecule has 0 radical (unpaired) electrons. The van der Waals surface area contributed by atoms with E-state index in [0.717, 1.165) is 16.2 Å². The van der Waals surface area contributed by atoms with Crippen LogP contribution in [0.2, 0.25) is 0 Å². The number of rotatable bonds is 38. The third kappa shape index (κ3) is 24.1. The zero-order valence-corrected chi connectivity index (χ0v) is 57.7. The van der Waals surface area contributed by atoms with Crippen molar-refractivity contribution in [3.05, 3.63) is 12.2 Å². The van der Waals surface area contributed by atoms with Crippen molar-refractivity contribution in [2.75, 3.05) is 55.9 Å². The number of carbonyl (C=O) groups excluding carboxylic acids is 11. The van der Waals surface area contributed by atoms with Crippen LogP contribution in [0.25, 0.3) is 0 Å². The van der Waals surface area contributed by atoms with Gasteiger partial charge in [-0.15, -0.1) is 0 Å². The molecule has 23 heteroatoms. The van der Waals surface area contributed by atoms with Gasteiger partial charge in [-0.25, -0.2) is 0 Å². The van der Waals surface area contributed by atoms with Crippen molar-refractivity contribution in [3.8, 4) is 0 Å². The Morgan fingerprint density at radius 1 is 0.483 bits per heavy atom. The molecule has 6 N–H and O–H groups in total. The molecule has 0 aliphatic heterocycles. The highest BCUT2D eigenvalue weighted by atomic mass is 16.3. The molecule has 0 aromatic carbocycles. The van der Waals surface area contributed by atoms with Crippen molar-refractivity contribution in [1.29, 1.82) is 0 Å². The molecule has 12 atom stereocenters. The smallest absolute Gasteiger partial charge is 0.246 e. The van der Waals surface area contributed by atoms with Crippen LogP contribution in [0.15, 0.2) is 12.2 Å². The fourth-order valence-corrected chi connectivity index (χ4v) is 10.6. The molecule has 0 spiro atoms. The van der Waals surface area contributed by atoms with Gasteiger partial charge in [0.15, 0.2) is 0 Å². The van der Waals surface area contributed by atoms with Crippen LogP contribution in [-0.2, 0) is 52.7 Å². The minimum Gasteiger partial charge on any atom is -0.390 e. The number of allylic oxidation sites excluding steroid dienone is 2. The van der Waals surface area contributed by atoms with E-state index >= 15 is 9.59 Å². The molecule has 0 bridgehead atoms. The number of hydrogen-bond donors (Lipinski definition) is 5. The molecule has 0 saturated carbocycles. The van der Waals surface area contributed by atoms with E-state index in [0.29, 0.717) is 25.7 Å². The molecule has 0 aliphatic rings. The number of amides is 11. The number of nitrogens with zero attached hydrogens (tertiary/aromatic N) is 7. The van der Waals surface area contributed by atoms with Crippen molar-refractivity contribution >= 4 is 65.0 Å². The van der Waals surface area contributed by atoms with E-state index in [2.05, 4.69) is 16.0 Å². The van der Waals surface area contributed by atoms with Gasteiger partial charge in [0.1, 0.15) is 54.4 Å². The minimum atomic E-state index is -1.60. The van der Waals surface area contributed by atoms with Crippen molar-refractivity contribution in [2.45, 2.75) is 236 Å². The minimum absolute atomic E-state index is 0.0379. The van der Waals surface area contributed by atoms with Gasteiger partial charge in [-0.3, -0.25) is 52.7 Å². The Hall–Kier alpha value is -6.13. The maximum absolute atomic E-state index is 15.1. The molecule has 0 heterocycles. The maximum atomic E-state index is 15.1. The predicted octanol–water partition coefficient (Wildman–Crippen LogP) is 4.43. The average Bonchev–Trinajstić information content (AvgIpc) is 2.50. The van der Waals surface area contributed by atoms with Crippen molar-refractivity contribution in [2.24, 2.45) is 47.2 Å². The highest BCUT2D eigenvalue weighted by molar-refractivity contribution is 5.99. The summed E-state index contributed by atoms with van der Waals surface area (Å²) in [7, 11) is 10.1. The predicted molar refractivity (Wildman–Crippen MR) is 340 cm³/mol. The van der Waals surface area contributed by atoms with Crippen LogP contribution in [-0.4, -0.2) is 221 Å². The monoisotopic (exact) mass is 1230 g/mol. The normalized spacial score (nSPS) is 15.9. The van der Waals surface area contributed by atoms with Crippen LogP contribution < -0.4 is 21.7 Å². The van der Waals surface area contributed by atoms with Gasteiger partial charge in [-0.1, -0.05) is 129 Å². The van der Waals surface area contributed by atoms with E-state index in [9.17, 15) is 48.3 Å². The van der Waals surface area contributed by atoms with Crippen molar-refractivity contribution in [1.82, 2.24) is 50.2 Å². The number of nitrogens with two attached hydrogens (primary N) is 1. The summed E-state index contributed by atoms with van der Waals surface area (Å²) >= 11 is 0. The van der Waals surface area contributed by atoms with Gasteiger partial charge in [0.25, 0.3) is 0 Å². The fourth-order valence-electron chi connectivity index (χ4n) is 10.6. The molecule has 0 aliphatic carbocycles. The van der Waals surface area contributed by atoms with Crippen LogP contribution in [0, 0.1) is 41.4 Å². The van der Waals surface area contributed by atoms with Crippen LogP contribution in [0.5, 0.6) is 0 Å². The molecule has 23 nitrogen and oxygen atoms in total.